The number of hydrogen-bond acceptors (Lipinski definition) is 4. The fourth-order valence-electron chi connectivity index (χ4n) is 4.94. The molecule has 1 atom stereocenters. The molecule has 1 unspecified atom stereocenters. The monoisotopic (exact) mass is 554 g/mol. The normalized spacial score (nSPS) is 12.2. The van der Waals surface area contributed by atoms with Crippen molar-refractivity contribution in [3.05, 3.63) is 107 Å². The molecule has 0 fully saturated rings. The number of aryl methyl sites for hydroxylation is 2. The molecule has 194 valence electrons. The molecule has 39 heavy (non-hydrogen) atoms. The molecular formula is C30H24Cl2N6O. The number of rotatable bonds is 5. The van der Waals surface area contributed by atoms with Crippen LogP contribution in [0, 0.1) is 0 Å². The number of pyridine rings is 2. The predicted octanol–water partition coefficient (Wildman–Crippen LogP) is 6.49. The number of nitrogens with one attached hydrogen (secondary N) is 1. The Morgan fingerprint density at radius 3 is 1.90 bits per heavy atom. The molecule has 1 amide bonds. The second-order valence-electron chi connectivity index (χ2n) is 9.50. The summed E-state index contributed by atoms with van der Waals surface area (Å²) in [6.07, 6.45) is 5.93. The molecule has 3 N–H and O–H groups in total. The Kier molecular flexibility index (Phi) is 6.35. The van der Waals surface area contributed by atoms with Crippen LogP contribution in [0.5, 0.6) is 0 Å². The maximum atomic E-state index is 13.2. The molecule has 4 heterocycles. The van der Waals surface area contributed by atoms with Crippen LogP contribution >= 0.6 is 23.2 Å². The highest BCUT2D eigenvalue weighted by Crippen LogP contribution is 2.31. The van der Waals surface area contributed by atoms with Crippen LogP contribution in [0.4, 0.5) is 0 Å². The summed E-state index contributed by atoms with van der Waals surface area (Å²) in [4.78, 5) is 21.9. The third-order valence-electron chi connectivity index (χ3n) is 7.01. The molecule has 2 aromatic carbocycles. The van der Waals surface area contributed by atoms with Crippen molar-refractivity contribution in [3.63, 3.8) is 0 Å². The second-order valence-corrected chi connectivity index (χ2v) is 10.4. The van der Waals surface area contributed by atoms with Crippen LogP contribution in [-0.2, 0) is 14.1 Å². The van der Waals surface area contributed by atoms with Crippen LogP contribution in [0.15, 0.2) is 85.5 Å². The van der Waals surface area contributed by atoms with Gasteiger partial charge in [-0.3, -0.25) is 14.8 Å². The summed E-state index contributed by atoms with van der Waals surface area (Å²) in [6, 6.07) is 19.4. The van der Waals surface area contributed by atoms with Crippen molar-refractivity contribution >= 4 is 50.9 Å². The molecule has 0 spiro atoms. The number of fused-ring (bicyclic) bond motifs is 2. The summed E-state index contributed by atoms with van der Waals surface area (Å²) in [5, 5.41) is 6.34. The minimum atomic E-state index is -0.766. The first-order valence-corrected chi connectivity index (χ1v) is 13.0. The van der Waals surface area contributed by atoms with E-state index < -0.39 is 6.17 Å². The average molecular weight is 555 g/mol. The Morgan fingerprint density at radius 1 is 0.769 bits per heavy atom. The smallest absolute Gasteiger partial charge is 0.254 e. The molecule has 0 aliphatic heterocycles. The Morgan fingerprint density at radius 2 is 1.31 bits per heavy atom. The Bertz CT molecular complexity index is 1890. The number of halogens is 2. The zero-order valence-corrected chi connectivity index (χ0v) is 22.7. The number of carbonyl (C=O) groups excluding carboxylic acids is 1. The SMILES string of the molecule is Cn1c(-c2cncc(C(=O)NC(N)c3cncc(-c4cc5ccc(Cl)cc5n4C)c3)c2)cc2ccc(Cl)cc21. The van der Waals surface area contributed by atoms with Crippen LogP contribution in [0.25, 0.3) is 44.3 Å². The van der Waals surface area contributed by atoms with Crippen molar-refractivity contribution in [1.29, 1.82) is 0 Å². The van der Waals surface area contributed by atoms with Gasteiger partial charge in [0.15, 0.2) is 0 Å². The highest BCUT2D eigenvalue weighted by molar-refractivity contribution is 6.31. The lowest BCUT2D eigenvalue weighted by atomic mass is 10.1. The van der Waals surface area contributed by atoms with Gasteiger partial charge < -0.3 is 20.2 Å². The van der Waals surface area contributed by atoms with E-state index in [1.54, 1.807) is 24.7 Å². The second kappa shape index (κ2) is 9.85. The number of nitrogens with two attached hydrogens (primary N) is 1. The van der Waals surface area contributed by atoms with Gasteiger partial charge in [0.25, 0.3) is 5.91 Å². The zero-order chi connectivity index (χ0) is 27.3. The number of carbonyl (C=O) groups is 1. The fourth-order valence-corrected chi connectivity index (χ4v) is 5.27. The number of aromatic nitrogens is 4. The maximum Gasteiger partial charge on any atom is 0.254 e. The lowest BCUT2D eigenvalue weighted by molar-refractivity contribution is 0.0937. The van der Waals surface area contributed by atoms with Gasteiger partial charge in [-0.05, 0) is 48.5 Å². The predicted molar refractivity (Wildman–Crippen MR) is 157 cm³/mol. The Balaban J connectivity index is 1.25. The van der Waals surface area contributed by atoms with Crippen LogP contribution in [0.2, 0.25) is 10.0 Å². The molecule has 4 aromatic heterocycles. The summed E-state index contributed by atoms with van der Waals surface area (Å²) in [6.45, 7) is 0. The third-order valence-corrected chi connectivity index (χ3v) is 7.48. The summed E-state index contributed by atoms with van der Waals surface area (Å²) in [5.41, 5.74) is 13.1. The van der Waals surface area contributed by atoms with Crippen LogP contribution in [-0.4, -0.2) is 25.0 Å². The Hall–Kier alpha value is -4.17. The van der Waals surface area contributed by atoms with E-state index in [1.807, 2.05) is 67.2 Å². The van der Waals surface area contributed by atoms with E-state index in [0.717, 1.165) is 44.3 Å². The van der Waals surface area contributed by atoms with Gasteiger partial charge in [0.1, 0.15) is 6.17 Å². The molecule has 0 radical (unpaired) electrons. The fraction of sp³-hybridized carbons (Fsp3) is 0.100. The highest BCUT2D eigenvalue weighted by atomic mass is 35.5. The van der Waals surface area contributed by atoms with Crippen molar-refractivity contribution in [3.8, 4) is 22.5 Å². The zero-order valence-electron chi connectivity index (χ0n) is 21.2. The molecule has 0 saturated heterocycles. The van der Waals surface area contributed by atoms with E-state index in [-0.39, 0.29) is 5.91 Å². The quantitative estimate of drug-likeness (QED) is 0.238. The maximum absolute atomic E-state index is 13.2. The number of benzene rings is 2. The van der Waals surface area contributed by atoms with E-state index in [4.69, 9.17) is 28.9 Å². The molecule has 9 heteroatoms. The average Bonchev–Trinajstić information content (AvgIpc) is 3.44. The number of amides is 1. The van der Waals surface area contributed by atoms with Gasteiger partial charge in [0.2, 0.25) is 0 Å². The molecule has 0 aliphatic rings. The summed E-state index contributed by atoms with van der Waals surface area (Å²) >= 11 is 12.4. The lowest BCUT2D eigenvalue weighted by Crippen LogP contribution is -2.34. The van der Waals surface area contributed by atoms with E-state index >= 15 is 0 Å². The van der Waals surface area contributed by atoms with Crippen LogP contribution < -0.4 is 11.1 Å². The largest absolute Gasteiger partial charge is 0.344 e. The highest BCUT2D eigenvalue weighted by Gasteiger charge is 2.17. The van der Waals surface area contributed by atoms with Gasteiger partial charge >= 0.3 is 0 Å². The molecule has 6 rings (SSSR count). The first kappa shape index (κ1) is 25.1. The number of nitrogens with zero attached hydrogens (tertiary/aromatic N) is 4. The third kappa shape index (κ3) is 4.65. The van der Waals surface area contributed by atoms with Gasteiger partial charge in [0, 0.05) is 87.4 Å². The van der Waals surface area contributed by atoms with E-state index in [2.05, 4.69) is 25.9 Å². The minimum Gasteiger partial charge on any atom is -0.344 e. The topological polar surface area (TPSA) is 90.8 Å². The van der Waals surface area contributed by atoms with E-state index in [1.165, 1.54) is 6.20 Å². The van der Waals surface area contributed by atoms with Crippen molar-refractivity contribution in [2.75, 3.05) is 0 Å². The van der Waals surface area contributed by atoms with Crippen molar-refractivity contribution in [1.82, 2.24) is 24.4 Å². The van der Waals surface area contributed by atoms with Gasteiger partial charge in [-0.1, -0.05) is 35.3 Å². The summed E-state index contributed by atoms with van der Waals surface area (Å²) in [5.74, 6) is -0.330. The van der Waals surface area contributed by atoms with Crippen LogP contribution in [0.3, 0.4) is 0 Å². The molecule has 0 saturated carbocycles. The molecule has 6 aromatic rings. The van der Waals surface area contributed by atoms with Gasteiger partial charge in [-0.25, -0.2) is 0 Å². The molecule has 0 bridgehead atoms. The molecular weight excluding hydrogens is 531 g/mol. The van der Waals surface area contributed by atoms with Gasteiger partial charge in [-0.15, -0.1) is 0 Å². The Labute approximate surface area is 234 Å². The standard InChI is InChI=1S/C30H24Cl2N6O/c1-37-25(9-17-3-5-23(31)11-27(17)37)19-7-21(15-34-13-19)29(33)36-30(39)22-8-20(14-35-16-22)26-10-18-4-6-24(32)12-28(18)38(26)2/h3-16,29H,33H2,1-2H3,(H,36,39). The summed E-state index contributed by atoms with van der Waals surface area (Å²) in [7, 11) is 3.94. The van der Waals surface area contributed by atoms with E-state index in [9.17, 15) is 4.79 Å². The summed E-state index contributed by atoms with van der Waals surface area (Å²) < 4.78 is 4.09. The van der Waals surface area contributed by atoms with Crippen molar-refractivity contribution in [2.45, 2.75) is 6.17 Å². The van der Waals surface area contributed by atoms with Crippen molar-refractivity contribution in [2.24, 2.45) is 19.8 Å². The molecule has 7 nitrogen and oxygen atoms in total. The first-order chi connectivity index (χ1) is 18.8. The van der Waals surface area contributed by atoms with Gasteiger partial charge in [0.05, 0.1) is 17.0 Å². The van der Waals surface area contributed by atoms with E-state index in [0.29, 0.717) is 21.2 Å². The minimum absolute atomic E-state index is 0.330. The van der Waals surface area contributed by atoms with Crippen LogP contribution in [0.1, 0.15) is 22.1 Å². The number of hydrogen-bond donors (Lipinski definition) is 2. The molecule has 0 aliphatic carbocycles. The van der Waals surface area contributed by atoms with Gasteiger partial charge in [-0.2, -0.15) is 0 Å². The lowest BCUT2D eigenvalue weighted by Gasteiger charge is -2.15. The first-order valence-electron chi connectivity index (χ1n) is 12.3. The van der Waals surface area contributed by atoms with Crippen molar-refractivity contribution < 1.29 is 4.79 Å².